The molecule has 0 N–H and O–H groups in total. The topological polar surface area (TPSA) is 60.4 Å². The normalized spacial score (nSPS) is 30.2. The minimum atomic E-state index is -6.08. The van der Waals surface area contributed by atoms with E-state index in [0.29, 0.717) is 6.42 Å². The van der Waals surface area contributed by atoms with Gasteiger partial charge in [0.15, 0.2) is 12.3 Å². The van der Waals surface area contributed by atoms with E-state index in [0.717, 1.165) is 6.92 Å². The third kappa shape index (κ3) is 2.98. The molecule has 0 aromatic carbocycles. The summed E-state index contributed by atoms with van der Waals surface area (Å²) in [5.74, 6) is -0.755. The molecule has 2 atom stereocenters. The average molecular weight is 294 g/mol. The fourth-order valence-corrected chi connectivity index (χ4v) is 2.37. The highest BCUT2D eigenvalue weighted by atomic mass is 32.2. The number of rotatable bonds is 3. The summed E-state index contributed by atoms with van der Waals surface area (Å²) < 4.78 is 75.6. The number of halogens is 4. The van der Waals surface area contributed by atoms with E-state index in [4.69, 9.17) is 0 Å². The molecule has 0 amide bonds. The van der Waals surface area contributed by atoms with Gasteiger partial charge in [-0.15, -0.1) is 0 Å². The molecule has 1 aliphatic rings. The highest BCUT2D eigenvalue weighted by molar-refractivity contribution is 7.87. The largest absolute Gasteiger partial charge is 0.528 e. The van der Waals surface area contributed by atoms with Crippen molar-refractivity contribution in [3.63, 3.8) is 0 Å². The molecule has 18 heavy (non-hydrogen) atoms. The van der Waals surface area contributed by atoms with E-state index in [1.165, 1.54) is 0 Å². The molecule has 1 rings (SSSR count). The van der Waals surface area contributed by atoms with Gasteiger partial charge in [0.1, 0.15) is 0 Å². The maximum Gasteiger partial charge on any atom is 0.528 e. The minimum Gasteiger partial charge on any atom is -0.293 e. The van der Waals surface area contributed by atoms with Gasteiger partial charge in [0.25, 0.3) is 0 Å². The number of quaternary nitrogens is 1. The quantitative estimate of drug-likeness (QED) is 0.451. The number of nitrogens with zero attached hydrogens (tertiary/aromatic N) is 1. The first-order valence-corrected chi connectivity index (χ1v) is 6.51. The second-order valence-corrected chi connectivity index (χ2v) is 5.54. The molecule has 1 fully saturated rings. The van der Waals surface area contributed by atoms with Gasteiger partial charge in [-0.2, -0.15) is 21.6 Å². The van der Waals surface area contributed by atoms with Gasteiger partial charge in [0.05, 0.1) is 0 Å². The molecular formula is C8H12F4NO4S+. The van der Waals surface area contributed by atoms with Gasteiger partial charge in [0, 0.05) is 29.1 Å². The lowest BCUT2D eigenvalue weighted by Crippen LogP contribution is -2.56. The van der Waals surface area contributed by atoms with E-state index in [9.17, 15) is 30.9 Å². The molecule has 106 valence electrons. The minimum absolute atomic E-state index is 0.0563. The number of hydrogen-bond donors (Lipinski definition) is 0. The van der Waals surface area contributed by atoms with Crippen LogP contribution in [0.3, 0.4) is 0 Å². The Morgan fingerprint density at radius 1 is 1.33 bits per heavy atom. The Kier molecular flexibility index (Phi) is 4.03. The lowest BCUT2D eigenvalue weighted by atomic mass is 10.0. The Morgan fingerprint density at radius 2 is 1.89 bits per heavy atom. The molecule has 2 unspecified atom stereocenters. The molecule has 0 saturated carbocycles. The zero-order chi connectivity index (χ0) is 14.2. The van der Waals surface area contributed by atoms with Gasteiger partial charge < -0.3 is 0 Å². The fourth-order valence-electron chi connectivity index (χ4n) is 1.78. The number of hydrogen-bond acceptors (Lipinski definition) is 4. The number of carbonyl (C=O) groups is 1. The van der Waals surface area contributed by atoms with Crippen LogP contribution in [0.15, 0.2) is 0 Å². The van der Waals surface area contributed by atoms with Crippen LogP contribution in [-0.4, -0.2) is 37.2 Å². The predicted molar refractivity (Wildman–Crippen MR) is 50.6 cm³/mol. The van der Waals surface area contributed by atoms with Crippen molar-refractivity contribution in [2.24, 2.45) is 0 Å². The molecular weight excluding hydrogens is 282 g/mol. The zero-order valence-electron chi connectivity index (χ0n) is 9.41. The van der Waals surface area contributed by atoms with Crippen molar-refractivity contribution < 1.29 is 40.0 Å². The second kappa shape index (κ2) is 4.74. The monoisotopic (exact) mass is 294 g/mol. The highest BCUT2D eigenvalue weighted by Gasteiger charge is 2.58. The molecule has 0 radical (unpaired) electrons. The number of piperidine rings is 1. The van der Waals surface area contributed by atoms with Crippen molar-refractivity contribution in [2.45, 2.75) is 37.7 Å². The van der Waals surface area contributed by atoms with Crippen molar-refractivity contribution in [1.82, 2.24) is 0 Å². The first-order chi connectivity index (χ1) is 8.00. The fraction of sp³-hybridized carbons (Fsp3) is 0.875. The molecule has 0 aromatic heterocycles. The summed E-state index contributed by atoms with van der Waals surface area (Å²) in [5.41, 5.74) is -5.72. The van der Waals surface area contributed by atoms with Gasteiger partial charge in [-0.25, -0.2) is 0 Å². The third-order valence-corrected chi connectivity index (χ3v) is 3.64. The Hall–Kier alpha value is -0.740. The maximum atomic E-state index is 14.1. The maximum absolute atomic E-state index is 14.1. The number of hydroxylamine groups is 2. The summed E-state index contributed by atoms with van der Waals surface area (Å²) in [6.07, 6.45) is 0.496. The van der Waals surface area contributed by atoms with E-state index in [1.807, 2.05) is 0 Å². The molecule has 1 saturated heterocycles. The van der Waals surface area contributed by atoms with Gasteiger partial charge in [-0.05, 0) is 10.7 Å². The Balaban J connectivity index is 3.02. The summed E-state index contributed by atoms with van der Waals surface area (Å²) in [7, 11) is -6.08. The molecule has 0 aromatic rings. The van der Waals surface area contributed by atoms with E-state index in [-0.39, 0.29) is 12.8 Å². The molecule has 0 spiro atoms. The smallest absolute Gasteiger partial charge is 0.293 e. The van der Waals surface area contributed by atoms with Crippen LogP contribution in [0.5, 0.6) is 0 Å². The second-order valence-electron chi connectivity index (χ2n) is 4.02. The zero-order valence-corrected chi connectivity index (χ0v) is 10.2. The van der Waals surface area contributed by atoms with Crippen LogP contribution in [0.2, 0.25) is 0 Å². The number of Topliss-reactive ketones (excluding diaryl/α,β-unsaturated/α-hetero) is 1. The Morgan fingerprint density at radius 3 is 2.33 bits per heavy atom. The SMILES string of the molecule is CC(=O)C1CCCC[N+]1(F)OS(=O)(=O)C(F)(F)F. The van der Waals surface area contributed by atoms with Crippen LogP contribution >= 0.6 is 0 Å². The Labute approximate surface area is 101 Å². The number of alkyl halides is 3. The van der Waals surface area contributed by atoms with Crippen molar-refractivity contribution >= 4 is 15.9 Å². The molecule has 0 bridgehead atoms. The van der Waals surface area contributed by atoms with Gasteiger partial charge in [-0.1, -0.05) is 0 Å². The predicted octanol–water partition coefficient (Wildman–Crippen LogP) is 1.61. The van der Waals surface area contributed by atoms with Crippen molar-refractivity contribution in [3.05, 3.63) is 0 Å². The molecule has 1 aliphatic heterocycles. The van der Waals surface area contributed by atoms with Crippen LogP contribution in [-0.2, 0) is 19.2 Å². The summed E-state index contributed by atoms with van der Waals surface area (Å²) in [4.78, 5) is 8.77. The number of carbonyl (C=O) groups excluding carboxylic acids is 1. The first-order valence-electron chi connectivity index (χ1n) is 5.10. The molecule has 0 aliphatic carbocycles. The number of ketones is 1. The van der Waals surface area contributed by atoms with Crippen LogP contribution in [0.4, 0.5) is 17.7 Å². The van der Waals surface area contributed by atoms with Crippen LogP contribution in [0.25, 0.3) is 0 Å². The van der Waals surface area contributed by atoms with Crippen LogP contribution in [0.1, 0.15) is 26.2 Å². The van der Waals surface area contributed by atoms with Crippen LogP contribution in [0, 0.1) is 0 Å². The van der Waals surface area contributed by atoms with Crippen molar-refractivity contribution in [3.8, 4) is 0 Å². The lowest BCUT2D eigenvalue weighted by Gasteiger charge is -2.32. The van der Waals surface area contributed by atoms with Gasteiger partial charge >= 0.3 is 15.6 Å². The summed E-state index contributed by atoms with van der Waals surface area (Å²) in [6.45, 7) is 0.367. The lowest BCUT2D eigenvalue weighted by molar-refractivity contribution is -1.20. The van der Waals surface area contributed by atoms with E-state index in [1.54, 1.807) is 0 Å². The summed E-state index contributed by atoms with van der Waals surface area (Å²) >= 11 is 0. The summed E-state index contributed by atoms with van der Waals surface area (Å²) in [5, 5.41) is 0. The van der Waals surface area contributed by atoms with E-state index >= 15 is 0 Å². The Bertz CT molecular complexity index is 435. The molecule has 1 heterocycles. The summed E-state index contributed by atoms with van der Waals surface area (Å²) in [6, 6.07) is -1.55. The standard InChI is InChI=1S/C8H12F4NO4S/c1-6(14)7-4-2-3-5-13(7,12)17-18(15,16)8(9,10)11/h7H,2-5H2,1H3/q+1. The average Bonchev–Trinajstić information content (AvgIpc) is 2.14. The highest BCUT2D eigenvalue weighted by Crippen LogP contribution is 2.34. The van der Waals surface area contributed by atoms with Crippen LogP contribution < -0.4 is 0 Å². The van der Waals surface area contributed by atoms with Gasteiger partial charge in [0.2, 0.25) is 6.04 Å². The first kappa shape index (κ1) is 15.3. The molecule has 5 nitrogen and oxygen atoms in total. The van der Waals surface area contributed by atoms with E-state index < -0.39 is 38.9 Å². The van der Waals surface area contributed by atoms with E-state index in [2.05, 4.69) is 4.28 Å². The molecule has 10 heteroatoms. The van der Waals surface area contributed by atoms with Crippen molar-refractivity contribution in [2.75, 3.05) is 6.54 Å². The third-order valence-electron chi connectivity index (χ3n) is 2.63. The van der Waals surface area contributed by atoms with Gasteiger partial charge in [-0.3, -0.25) is 4.79 Å². The van der Waals surface area contributed by atoms with Crippen molar-refractivity contribution in [1.29, 1.82) is 0 Å².